The molecule has 0 aliphatic rings. The number of amides is 1. The average Bonchev–Trinajstić information content (AvgIpc) is 2.67. The number of phenols is 2. The molecule has 172 valence electrons. The van der Waals surface area contributed by atoms with Crippen molar-refractivity contribution in [2.75, 3.05) is 0 Å². The van der Waals surface area contributed by atoms with Crippen LogP contribution in [0.1, 0.15) is 88.2 Å². The minimum atomic E-state index is -1.16. The Kier molecular flexibility index (Phi) is 10.9. The van der Waals surface area contributed by atoms with E-state index in [1.165, 1.54) is 18.6 Å². The highest BCUT2D eigenvalue weighted by Crippen LogP contribution is 2.35. The van der Waals surface area contributed by atoms with Gasteiger partial charge >= 0.3 is 5.97 Å². The largest absolute Gasteiger partial charge is 0.508 e. The summed E-state index contributed by atoms with van der Waals surface area (Å²) in [5.74, 6) is -2.14. The number of carboxylic acid groups (broad SMARTS) is 1. The number of hydrogen-bond acceptors (Lipinski definition) is 4. The lowest BCUT2D eigenvalue weighted by atomic mass is 9.94. The number of nitrogens with one attached hydrogen (secondary N) is 1. The van der Waals surface area contributed by atoms with Crippen molar-refractivity contribution in [3.05, 3.63) is 46.1 Å². The van der Waals surface area contributed by atoms with Crippen LogP contribution in [0, 0.1) is 0 Å². The van der Waals surface area contributed by atoms with Gasteiger partial charge < -0.3 is 20.6 Å². The molecule has 6 heteroatoms. The topological polar surface area (TPSA) is 107 Å². The fourth-order valence-electron chi connectivity index (χ4n) is 3.26. The molecule has 0 bridgehead atoms. The smallest absolute Gasteiger partial charge is 0.325 e. The van der Waals surface area contributed by atoms with Crippen molar-refractivity contribution in [2.24, 2.45) is 0 Å². The molecule has 0 unspecified atom stereocenters. The van der Waals surface area contributed by atoms with Crippen LogP contribution < -0.4 is 5.32 Å². The predicted molar refractivity (Wildman–Crippen MR) is 124 cm³/mol. The Labute approximate surface area is 185 Å². The molecule has 0 aliphatic carbocycles. The lowest BCUT2D eigenvalue weighted by Gasteiger charge is -2.17. The molecule has 1 amide bonds. The molecular weight excluding hydrogens is 394 g/mol. The van der Waals surface area contributed by atoms with Gasteiger partial charge in [-0.05, 0) is 71.4 Å². The summed E-state index contributed by atoms with van der Waals surface area (Å²) in [7, 11) is 0. The van der Waals surface area contributed by atoms with E-state index in [0.29, 0.717) is 12.0 Å². The molecule has 1 aromatic carbocycles. The molecule has 0 heterocycles. The van der Waals surface area contributed by atoms with Gasteiger partial charge in [-0.15, -0.1) is 0 Å². The Hall–Kier alpha value is -2.76. The van der Waals surface area contributed by atoms with Crippen molar-refractivity contribution in [3.63, 3.8) is 0 Å². The summed E-state index contributed by atoms with van der Waals surface area (Å²) in [5.41, 5.74) is 3.22. The lowest BCUT2D eigenvalue weighted by molar-refractivity contribution is -0.138. The van der Waals surface area contributed by atoms with E-state index in [2.05, 4.69) is 32.2 Å². The third kappa shape index (κ3) is 8.48. The van der Waals surface area contributed by atoms with Crippen LogP contribution in [0.5, 0.6) is 11.5 Å². The number of aromatic hydroxyl groups is 2. The van der Waals surface area contributed by atoms with Gasteiger partial charge in [0.1, 0.15) is 17.5 Å². The van der Waals surface area contributed by atoms with E-state index in [0.717, 1.165) is 37.7 Å². The maximum atomic E-state index is 12.8. The zero-order valence-corrected chi connectivity index (χ0v) is 19.4. The van der Waals surface area contributed by atoms with Crippen LogP contribution >= 0.6 is 0 Å². The van der Waals surface area contributed by atoms with Crippen LogP contribution in [0.3, 0.4) is 0 Å². The van der Waals surface area contributed by atoms with Crippen LogP contribution in [0.4, 0.5) is 0 Å². The fraction of sp³-hybridized carbons (Fsp3) is 0.520. The summed E-state index contributed by atoms with van der Waals surface area (Å²) in [6.45, 7) is 9.53. The molecular formula is C25H37NO5. The zero-order valence-electron chi connectivity index (χ0n) is 19.4. The summed E-state index contributed by atoms with van der Waals surface area (Å²) in [6, 6.07) is 0.432. The summed E-state index contributed by atoms with van der Waals surface area (Å²) in [4.78, 5) is 23.9. The number of unbranched alkanes of at least 4 members (excludes halogenated alkanes) is 2. The van der Waals surface area contributed by atoms with Crippen LogP contribution in [0.25, 0.3) is 0 Å². The lowest BCUT2D eigenvalue weighted by Crippen LogP contribution is -2.38. The first-order valence-corrected chi connectivity index (χ1v) is 11.0. The number of phenolic OH excluding ortho intramolecular Hbond substituents is 2. The summed E-state index contributed by atoms with van der Waals surface area (Å²) < 4.78 is 0. The van der Waals surface area contributed by atoms with Crippen molar-refractivity contribution >= 4 is 11.9 Å². The van der Waals surface area contributed by atoms with E-state index in [1.807, 2.05) is 13.0 Å². The molecule has 4 N–H and O–H groups in total. The molecule has 0 fully saturated rings. The maximum Gasteiger partial charge on any atom is 0.325 e. The Balaban J connectivity index is 3.23. The van der Waals surface area contributed by atoms with Crippen LogP contribution in [-0.2, 0) is 17.6 Å². The summed E-state index contributed by atoms with van der Waals surface area (Å²) in [5, 5.41) is 33.0. The molecule has 1 rings (SSSR count). The molecule has 0 saturated carbocycles. The summed E-state index contributed by atoms with van der Waals surface area (Å²) >= 11 is 0. The van der Waals surface area contributed by atoms with Crippen LogP contribution in [-0.4, -0.2) is 33.2 Å². The van der Waals surface area contributed by atoms with Gasteiger partial charge in [0.25, 0.3) is 5.91 Å². The van der Waals surface area contributed by atoms with Crippen molar-refractivity contribution in [3.8, 4) is 11.5 Å². The van der Waals surface area contributed by atoms with Crippen LogP contribution in [0.15, 0.2) is 29.4 Å². The third-order valence-electron chi connectivity index (χ3n) is 5.20. The first-order chi connectivity index (χ1) is 14.6. The number of allylic oxidation sites excluding steroid dienone is 4. The highest BCUT2D eigenvalue weighted by atomic mass is 16.4. The van der Waals surface area contributed by atoms with Gasteiger partial charge in [-0.3, -0.25) is 9.59 Å². The van der Waals surface area contributed by atoms with E-state index in [4.69, 9.17) is 5.11 Å². The number of rotatable bonds is 12. The van der Waals surface area contributed by atoms with Crippen molar-refractivity contribution in [2.45, 2.75) is 85.6 Å². The Morgan fingerprint density at radius 3 is 2.39 bits per heavy atom. The molecule has 6 nitrogen and oxygen atoms in total. The van der Waals surface area contributed by atoms with E-state index < -0.39 is 17.9 Å². The van der Waals surface area contributed by atoms with E-state index in [-0.39, 0.29) is 29.0 Å². The van der Waals surface area contributed by atoms with E-state index in [9.17, 15) is 19.8 Å². The molecule has 0 aromatic heterocycles. The second-order valence-corrected chi connectivity index (χ2v) is 8.32. The number of carbonyl (C=O) groups is 2. The van der Waals surface area contributed by atoms with E-state index >= 15 is 0 Å². The Morgan fingerprint density at radius 2 is 1.81 bits per heavy atom. The minimum absolute atomic E-state index is 0.0487. The SMILES string of the molecule is CCCCCc1cc(O)c(CC=C(C)CCC=C(C)C)c(O)c1C(=O)N[C@@H](C)C(=O)O. The van der Waals surface area contributed by atoms with Crippen molar-refractivity contribution in [1.29, 1.82) is 0 Å². The number of hydrogen-bond donors (Lipinski definition) is 4. The third-order valence-corrected chi connectivity index (χ3v) is 5.20. The van der Waals surface area contributed by atoms with E-state index in [1.54, 1.807) is 0 Å². The fourth-order valence-corrected chi connectivity index (χ4v) is 3.26. The predicted octanol–water partition coefficient (Wildman–Crippen LogP) is 5.27. The van der Waals surface area contributed by atoms with Gasteiger partial charge in [0.05, 0.1) is 5.56 Å². The molecule has 0 aliphatic heterocycles. The number of aliphatic carboxylic acids is 1. The van der Waals surface area contributed by atoms with Gasteiger partial charge in [0.15, 0.2) is 0 Å². The quantitative estimate of drug-likeness (QED) is 0.266. The Bertz CT molecular complexity index is 835. The first-order valence-electron chi connectivity index (χ1n) is 11.0. The van der Waals surface area contributed by atoms with Crippen LogP contribution in [0.2, 0.25) is 0 Å². The van der Waals surface area contributed by atoms with Gasteiger partial charge in [-0.1, -0.05) is 43.1 Å². The summed E-state index contributed by atoms with van der Waals surface area (Å²) in [6.07, 6.45) is 9.40. The van der Waals surface area contributed by atoms with Gasteiger partial charge in [0, 0.05) is 5.56 Å². The average molecular weight is 432 g/mol. The number of aryl methyl sites for hydroxylation is 1. The van der Waals surface area contributed by atoms with Gasteiger partial charge in [-0.25, -0.2) is 0 Å². The van der Waals surface area contributed by atoms with Gasteiger partial charge in [0.2, 0.25) is 0 Å². The molecule has 1 atom stereocenters. The monoisotopic (exact) mass is 431 g/mol. The van der Waals surface area contributed by atoms with Crippen molar-refractivity contribution < 1.29 is 24.9 Å². The second-order valence-electron chi connectivity index (χ2n) is 8.32. The number of benzene rings is 1. The molecule has 0 radical (unpaired) electrons. The molecule has 0 saturated heterocycles. The normalized spacial score (nSPS) is 12.4. The first kappa shape index (κ1) is 26.3. The zero-order chi connectivity index (χ0) is 23.6. The minimum Gasteiger partial charge on any atom is -0.508 e. The second kappa shape index (κ2) is 12.8. The number of carbonyl (C=O) groups excluding carboxylic acids is 1. The maximum absolute atomic E-state index is 12.8. The van der Waals surface area contributed by atoms with Crippen molar-refractivity contribution in [1.82, 2.24) is 5.32 Å². The Morgan fingerprint density at radius 1 is 1.13 bits per heavy atom. The molecule has 31 heavy (non-hydrogen) atoms. The standard InChI is InChI=1S/C25H37NO5/c1-6-7-8-12-19-15-21(27)20(14-13-17(4)11-9-10-16(2)3)23(28)22(19)24(29)26-18(5)25(30)31/h10,13,15,18,27-28H,6-9,11-12,14H2,1-5H3,(H,26,29)(H,30,31)/t18-/m0/s1. The number of carboxylic acids is 1. The van der Waals surface area contributed by atoms with Gasteiger partial charge in [-0.2, -0.15) is 0 Å². The molecule has 0 spiro atoms. The highest BCUT2D eigenvalue weighted by Gasteiger charge is 2.24. The highest BCUT2D eigenvalue weighted by molar-refractivity contribution is 6.00. The molecule has 1 aromatic rings.